The fraction of sp³-hybridized carbons (Fsp3) is 0.188. The number of rotatable bonds is 6. The molecule has 0 radical (unpaired) electrons. The molecule has 24 heavy (non-hydrogen) atoms. The topological polar surface area (TPSA) is 75.3 Å². The summed E-state index contributed by atoms with van der Waals surface area (Å²) in [7, 11) is -3.84. The van der Waals surface area contributed by atoms with Crippen molar-refractivity contribution < 1.29 is 13.2 Å². The van der Waals surface area contributed by atoms with E-state index in [4.69, 9.17) is 23.2 Å². The Kier molecular flexibility index (Phi) is 6.10. The summed E-state index contributed by atoms with van der Waals surface area (Å²) in [6, 6.07) is 10.3. The molecule has 0 aromatic heterocycles. The van der Waals surface area contributed by atoms with Gasteiger partial charge in [0.25, 0.3) is 15.9 Å². The summed E-state index contributed by atoms with van der Waals surface area (Å²) in [6.45, 7) is 2.50. The summed E-state index contributed by atoms with van der Waals surface area (Å²) in [6.07, 6.45) is 0.815. The van der Waals surface area contributed by atoms with E-state index in [0.717, 1.165) is 6.42 Å². The van der Waals surface area contributed by atoms with Gasteiger partial charge in [-0.05, 0) is 42.8 Å². The van der Waals surface area contributed by atoms with Crippen molar-refractivity contribution in [3.63, 3.8) is 0 Å². The number of carbonyl (C=O) groups excluding carboxylic acids is 1. The molecule has 0 spiro atoms. The summed E-state index contributed by atoms with van der Waals surface area (Å²) in [5.74, 6) is -0.257. The second-order valence-corrected chi connectivity index (χ2v) is 7.51. The van der Waals surface area contributed by atoms with E-state index in [1.807, 2.05) is 6.92 Å². The van der Waals surface area contributed by atoms with Crippen LogP contribution in [0, 0.1) is 0 Å². The first-order valence-corrected chi connectivity index (χ1v) is 9.43. The van der Waals surface area contributed by atoms with Gasteiger partial charge in [-0.25, -0.2) is 8.42 Å². The second-order valence-electron chi connectivity index (χ2n) is 5.02. The number of benzene rings is 2. The quantitative estimate of drug-likeness (QED) is 0.789. The number of sulfonamides is 1. The van der Waals surface area contributed by atoms with Crippen LogP contribution >= 0.6 is 23.2 Å². The van der Waals surface area contributed by atoms with Crippen molar-refractivity contribution in [2.24, 2.45) is 0 Å². The van der Waals surface area contributed by atoms with Crippen molar-refractivity contribution >= 4 is 44.8 Å². The smallest absolute Gasteiger partial charge is 0.261 e. The van der Waals surface area contributed by atoms with Crippen LogP contribution in [0.25, 0.3) is 0 Å². The fourth-order valence-electron chi connectivity index (χ4n) is 1.92. The van der Waals surface area contributed by atoms with E-state index in [-0.39, 0.29) is 26.5 Å². The van der Waals surface area contributed by atoms with Crippen molar-refractivity contribution in [2.75, 3.05) is 11.3 Å². The van der Waals surface area contributed by atoms with Crippen LogP contribution in [-0.4, -0.2) is 20.9 Å². The largest absolute Gasteiger partial charge is 0.352 e. The standard InChI is InChI=1S/C16H16Cl2N2O3S/c1-2-8-19-16(21)11-4-3-5-12(9-11)20-24(22,23)13-6-7-14(17)15(18)10-13/h3-7,9-10,20H,2,8H2,1H3,(H,19,21). The molecule has 0 fully saturated rings. The molecule has 5 nitrogen and oxygen atoms in total. The van der Waals surface area contributed by atoms with Gasteiger partial charge in [0.05, 0.1) is 14.9 Å². The Morgan fingerprint density at radius 2 is 1.83 bits per heavy atom. The number of nitrogens with one attached hydrogen (secondary N) is 2. The van der Waals surface area contributed by atoms with E-state index in [1.165, 1.54) is 24.3 Å². The van der Waals surface area contributed by atoms with Crippen molar-refractivity contribution in [3.05, 3.63) is 58.1 Å². The lowest BCUT2D eigenvalue weighted by atomic mass is 10.2. The second kappa shape index (κ2) is 7.88. The van der Waals surface area contributed by atoms with Gasteiger partial charge in [-0.2, -0.15) is 0 Å². The molecule has 0 aliphatic heterocycles. The maximum atomic E-state index is 12.4. The third-order valence-electron chi connectivity index (χ3n) is 3.11. The van der Waals surface area contributed by atoms with Gasteiger partial charge in [-0.1, -0.05) is 36.2 Å². The minimum atomic E-state index is -3.84. The van der Waals surface area contributed by atoms with E-state index >= 15 is 0 Å². The van der Waals surface area contributed by atoms with E-state index in [2.05, 4.69) is 10.0 Å². The van der Waals surface area contributed by atoms with Crippen LogP contribution in [-0.2, 0) is 10.0 Å². The van der Waals surface area contributed by atoms with Gasteiger partial charge in [-0.15, -0.1) is 0 Å². The molecule has 0 unspecified atom stereocenters. The lowest BCUT2D eigenvalue weighted by Gasteiger charge is -2.10. The van der Waals surface area contributed by atoms with Gasteiger partial charge in [-0.3, -0.25) is 9.52 Å². The lowest BCUT2D eigenvalue weighted by molar-refractivity contribution is 0.0953. The average Bonchev–Trinajstić information content (AvgIpc) is 2.54. The van der Waals surface area contributed by atoms with Crippen LogP contribution < -0.4 is 10.0 Å². The van der Waals surface area contributed by atoms with Gasteiger partial charge >= 0.3 is 0 Å². The number of hydrogen-bond acceptors (Lipinski definition) is 3. The number of anilines is 1. The third-order valence-corrected chi connectivity index (χ3v) is 5.23. The first kappa shape index (κ1) is 18.6. The van der Waals surface area contributed by atoms with E-state index in [9.17, 15) is 13.2 Å². The van der Waals surface area contributed by atoms with Crippen LogP contribution in [0.1, 0.15) is 23.7 Å². The Morgan fingerprint density at radius 1 is 1.08 bits per heavy atom. The Balaban J connectivity index is 2.23. The molecular formula is C16H16Cl2N2O3S. The molecule has 0 atom stereocenters. The van der Waals surface area contributed by atoms with Crippen molar-refractivity contribution in [3.8, 4) is 0 Å². The molecule has 2 N–H and O–H groups in total. The van der Waals surface area contributed by atoms with Crippen molar-refractivity contribution in [1.82, 2.24) is 5.32 Å². The molecule has 2 rings (SSSR count). The lowest BCUT2D eigenvalue weighted by Crippen LogP contribution is -2.24. The first-order chi connectivity index (χ1) is 11.3. The number of halogens is 2. The Bertz CT molecular complexity index is 854. The zero-order valence-corrected chi connectivity index (χ0v) is 15.2. The highest BCUT2D eigenvalue weighted by atomic mass is 35.5. The molecule has 2 aromatic rings. The van der Waals surface area contributed by atoms with Gasteiger partial charge in [0.15, 0.2) is 0 Å². The van der Waals surface area contributed by atoms with Crippen LogP contribution in [0.4, 0.5) is 5.69 Å². The maximum Gasteiger partial charge on any atom is 0.261 e. The summed E-state index contributed by atoms with van der Waals surface area (Å²) >= 11 is 11.7. The van der Waals surface area contributed by atoms with E-state index in [0.29, 0.717) is 12.1 Å². The van der Waals surface area contributed by atoms with Crippen molar-refractivity contribution in [1.29, 1.82) is 0 Å². The summed E-state index contributed by atoms with van der Waals surface area (Å²) in [5.41, 5.74) is 0.656. The molecule has 2 aromatic carbocycles. The summed E-state index contributed by atoms with van der Waals surface area (Å²) in [5, 5.41) is 3.15. The Labute approximate surface area is 151 Å². The number of hydrogen-bond donors (Lipinski definition) is 2. The zero-order valence-electron chi connectivity index (χ0n) is 12.8. The minimum Gasteiger partial charge on any atom is -0.352 e. The normalized spacial score (nSPS) is 11.1. The number of carbonyl (C=O) groups is 1. The third kappa shape index (κ3) is 4.63. The summed E-state index contributed by atoms with van der Waals surface area (Å²) in [4.78, 5) is 11.9. The van der Waals surface area contributed by atoms with Crippen LogP contribution in [0.15, 0.2) is 47.4 Å². The van der Waals surface area contributed by atoms with Gasteiger partial charge in [0, 0.05) is 17.8 Å². The number of amides is 1. The van der Waals surface area contributed by atoms with Gasteiger partial charge < -0.3 is 5.32 Å². The SMILES string of the molecule is CCCNC(=O)c1cccc(NS(=O)(=O)c2ccc(Cl)c(Cl)c2)c1. The monoisotopic (exact) mass is 386 g/mol. The first-order valence-electron chi connectivity index (χ1n) is 7.19. The van der Waals surface area contributed by atoms with E-state index < -0.39 is 10.0 Å². The van der Waals surface area contributed by atoms with Crippen LogP contribution in [0.5, 0.6) is 0 Å². The molecule has 0 saturated heterocycles. The maximum absolute atomic E-state index is 12.4. The highest BCUT2D eigenvalue weighted by Gasteiger charge is 2.16. The van der Waals surface area contributed by atoms with Crippen LogP contribution in [0.2, 0.25) is 10.0 Å². The average molecular weight is 387 g/mol. The molecule has 128 valence electrons. The predicted molar refractivity (Wildman–Crippen MR) is 96.3 cm³/mol. The molecule has 0 saturated carbocycles. The van der Waals surface area contributed by atoms with Crippen LogP contribution in [0.3, 0.4) is 0 Å². The van der Waals surface area contributed by atoms with Crippen molar-refractivity contribution in [2.45, 2.75) is 18.2 Å². The molecular weight excluding hydrogens is 371 g/mol. The minimum absolute atomic E-state index is 0.0160. The van der Waals surface area contributed by atoms with E-state index in [1.54, 1.807) is 18.2 Å². The molecule has 0 bridgehead atoms. The fourth-order valence-corrected chi connectivity index (χ4v) is 3.36. The highest BCUT2D eigenvalue weighted by Crippen LogP contribution is 2.26. The molecule has 0 aliphatic rings. The Morgan fingerprint density at radius 3 is 2.50 bits per heavy atom. The van der Waals surface area contributed by atoms with Gasteiger partial charge in [0.1, 0.15) is 0 Å². The highest BCUT2D eigenvalue weighted by molar-refractivity contribution is 7.92. The molecule has 0 heterocycles. The molecule has 8 heteroatoms. The zero-order chi connectivity index (χ0) is 17.7. The summed E-state index contributed by atoms with van der Waals surface area (Å²) < 4.78 is 27.2. The molecule has 0 aliphatic carbocycles. The Hall–Kier alpha value is -1.76. The molecule has 1 amide bonds. The van der Waals surface area contributed by atoms with Gasteiger partial charge in [0.2, 0.25) is 0 Å². The predicted octanol–water partition coefficient (Wildman–Crippen LogP) is 3.93.